The summed E-state index contributed by atoms with van der Waals surface area (Å²) in [4.78, 5) is 4.12. The van der Waals surface area contributed by atoms with Crippen molar-refractivity contribution in [1.29, 1.82) is 5.26 Å². The molecule has 134 valence electrons. The highest BCUT2D eigenvalue weighted by Crippen LogP contribution is 2.42. The van der Waals surface area contributed by atoms with Gasteiger partial charge in [0.05, 0.1) is 23.3 Å². The number of imidazole rings is 1. The first kappa shape index (κ1) is 16.3. The van der Waals surface area contributed by atoms with Crippen LogP contribution in [-0.2, 0) is 6.54 Å². The molecule has 0 saturated carbocycles. The van der Waals surface area contributed by atoms with Crippen molar-refractivity contribution in [1.82, 2.24) is 14.7 Å². The van der Waals surface area contributed by atoms with Crippen LogP contribution in [0.4, 0.5) is 13.2 Å². The van der Waals surface area contributed by atoms with Gasteiger partial charge in [0, 0.05) is 17.7 Å². The van der Waals surface area contributed by atoms with Gasteiger partial charge < -0.3 is 18.6 Å². The summed E-state index contributed by atoms with van der Waals surface area (Å²) in [7, 11) is 0. The molecule has 0 spiro atoms. The molecule has 0 bridgehead atoms. The average Bonchev–Trinajstić information content (AvgIpc) is 3.08. The number of ether oxygens (including phenoxy) is 2. The van der Waals surface area contributed by atoms with E-state index in [1.807, 2.05) is 6.07 Å². The van der Waals surface area contributed by atoms with E-state index >= 15 is 0 Å². The molecule has 2 aromatic heterocycles. The van der Waals surface area contributed by atoms with Crippen molar-refractivity contribution in [3.05, 3.63) is 35.0 Å². The van der Waals surface area contributed by atoms with E-state index in [0.29, 0.717) is 17.0 Å². The van der Waals surface area contributed by atoms with Gasteiger partial charge in [0.1, 0.15) is 11.8 Å². The summed E-state index contributed by atoms with van der Waals surface area (Å²) in [5.41, 5.74) is 2.05. The third-order valence-corrected chi connectivity index (χ3v) is 4.15. The highest BCUT2D eigenvalue weighted by Gasteiger charge is 2.49. The second-order valence-electron chi connectivity index (χ2n) is 5.82. The molecule has 0 aliphatic carbocycles. The number of fused-ring (bicyclic) bond motifs is 2. The second kappa shape index (κ2) is 5.39. The zero-order valence-corrected chi connectivity index (χ0v) is 13.6. The molecule has 3 aromatic rings. The Bertz CT molecular complexity index is 1050. The number of rotatable bonds is 2. The van der Waals surface area contributed by atoms with E-state index in [4.69, 9.17) is 4.52 Å². The number of alkyl halides is 3. The normalized spacial score (nSPS) is 18.1. The highest BCUT2D eigenvalue weighted by atomic mass is 19.3. The van der Waals surface area contributed by atoms with Crippen LogP contribution in [0.2, 0.25) is 0 Å². The fraction of sp³-hybridized carbons (Fsp3) is 0.312. The predicted molar refractivity (Wildman–Crippen MR) is 80.6 cm³/mol. The Balaban J connectivity index is 1.86. The first-order chi connectivity index (χ1) is 12.3. The summed E-state index contributed by atoms with van der Waals surface area (Å²) in [6.07, 6.45) is -7.03. The monoisotopic (exact) mass is 364 g/mol. The van der Waals surface area contributed by atoms with E-state index in [1.165, 1.54) is 12.1 Å². The van der Waals surface area contributed by atoms with Crippen molar-refractivity contribution in [2.45, 2.75) is 32.9 Å². The molecule has 0 fully saturated rings. The van der Waals surface area contributed by atoms with Crippen LogP contribution < -0.4 is 9.47 Å². The number of nitrogens with zero attached hydrogens (tertiary/aromatic N) is 4. The van der Waals surface area contributed by atoms with Gasteiger partial charge in [-0.3, -0.25) is 0 Å². The van der Waals surface area contributed by atoms with Gasteiger partial charge in [0.2, 0.25) is 5.82 Å². The Kier molecular flexibility index (Phi) is 3.37. The van der Waals surface area contributed by atoms with Gasteiger partial charge in [-0.2, -0.15) is 18.4 Å². The largest absolute Gasteiger partial charge is 0.468 e. The van der Waals surface area contributed by atoms with Crippen molar-refractivity contribution in [2.24, 2.45) is 0 Å². The number of benzene rings is 1. The Hall–Kier alpha value is -3.22. The number of nitriles is 1. The van der Waals surface area contributed by atoms with E-state index in [1.54, 1.807) is 18.4 Å². The summed E-state index contributed by atoms with van der Waals surface area (Å²) in [6, 6.07) is 4.46. The van der Waals surface area contributed by atoms with E-state index < -0.39 is 12.5 Å². The summed E-state index contributed by atoms with van der Waals surface area (Å²) < 4.78 is 55.8. The van der Waals surface area contributed by atoms with Crippen molar-refractivity contribution in [3.8, 4) is 17.6 Å². The minimum atomic E-state index is -4.10. The zero-order valence-electron chi connectivity index (χ0n) is 13.6. The third-order valence-electron chi connectivity index (χ3n) is 4.15. The topological polar surface area (TPSA) is 86.1 Å². The summed E-state index contributed by atoms with van der Waals surface area (Å²) in [5.74, 6) is 0.0864. The van der Waals surface area contributed by atoms with Crippen molar-refractivity contribution in [2.75, 3.05) is 0 Å². The minimum Gasteiger partial charge on any atom is -0.447 e. The van der Waals surface area contributed by atoms with Crippen molar-refractivity contribution >= 4 is 11.0 Å². The molecule has 0 N–H and O–H groups in total. The lowest BCUT2D eigenvalue weighted by atomic mass is 10.2. The lowest BCUT2D eigenvalue weighted by Crippen LogP contribution is -2.43. The van der Waals surface area contributed by atoms with Gasteiger partial charge >= 0.3 is 12.5 Å². The third kappa shape index (κ3) is 2.35. The quantitative estimate of drug-likeness (QED) is 0.694. The molecule has 0 amide bonds. The number of aromatic nitrogens is 3. The van der Waals surface area contributed by atoms with Gasteiger partial charge in [0.25, 0.3) is 0 Å². The average molecular weight is 364 g/mol. The maximum absolute atomic E-state index is 13.4. The molecule has 7 nitrogen and oxygen atoms in total. The number of hydrogen-bond donors (Lipinski definition) is 0. The first-order valence-electron chi connectivity index (χ1n) is 7.54. The van der Waals surface area contributed by atoms with E-state index in [2.05, 4.69) is 19.6 Å². The summed E-state index contributed by atoms with van der Waals surface area (Å²) in [6.45, 7) is 3.70. The molecule has 10 heteroatoms. The van der Waals surface area contributed by atoms with Crippen LogP contribution in [0.15, 0.2) is 16.7 Å². The Morgan fingerprint density at radius 2 is 2.08 bits per heavy atom. The van der Waals surface area contributed by atoms with Gasteiger partial charge in [-0.1, -0.05) is 5.16 Å². The molecule has 4 rings (SSSR count). The molecule has 1 aliphatic rings. The fourth-order valence-electron chi connectivity index (χ4n) is 2.81. The molecule has 3 heterocycles. The van der Waals surface area contributed by atoms with E-state index in [-0.39, 0.29) is 29.4 Å². The number of hydrogen-bond acceptors (Lipinski definition) is 6. The van der Waals surface area contributed by atoms with Gasteiger partial charge in [-0.25, -0.2) is 4.98 Å². The van der Waals surface area contributed by atoms with Crippen LogP contribution in [0.1, 0.15) is 22.8 Å². The Labute approximate surface area is 144 Å². The van der Waals surface area contributed by atoms with Crippen LogP contribution >= 0.6 is 0 Å². The molecule has 0 saturated heterocycles. The number of halogens is 3. The second-order valence-corrected chi connectivity index (χ2v) is 5.82. The van der Waals surface area contributed by atoms with Crippen LogP contribution in [0.5, 0.6) is 11.5 Å². The van der Waals surface area contributed by atoms with E-state index in [9.17, 15) is 18.4 Å². The van der Waals surface area contributed by atoms with Crippen LogP contribution in [0.25, 0.3) is 11.0 Å². The molecule has 26 heavy (non-hydrogen) atoms. The molecular weight excluding hydrogens is 353 g/mol. The lowest BCUT2D eigenvalue weighted by molar-refractivity contribution is -0.281. The molecule has 1 unspecified atom stereocenters. The van der Waals surface area contributed by atoms with Crippen molar-refractivity contribution < 1.29 is 27.2 Å². The van der Waals surface area contributed by atoms with Gasteiger partial charge in [-0.05, 0) is 13.8 Å². The first-order valence-corrected chi connectivity index (χ1v) is 7.54. The van der Waals surface area contributed by atoms with Gasteiger partial charge in [-0.15, -0.1) is 0 Å². The Morgan fingerprint density at radius 3 is 2.73 bits per heavy atom. The molecule has 1 aromatic carbocycles. The van der Waals surface area contributed by atoms with Crippen LogP contribution in [0.3, 0.4) is 0 Å². The maximum Gasteiger partial charge on any atom is 0.468 e. The summed E-state index contributed by atoms with van der Waals surface area (Å²) in [5, 5.41) is 13.2. The predicted octanol–water partition coefficient (Wildman–Crippen LogP) is 3.22. The lowest BCUT2D eigenvalue weighted by Gasteiger charge is -2.28. The standard InChI is InChI=1S/C16H11F3N4O3/c1-7-9(8(2)26-22-7)6-23-11-4-12-13(3-10(11)21-14(23)5-20)25-16(18,19)15(17)24-12/h3-4,15H,6H2,1-2H3. The molecular formula is C16H11F3N4O3. The maximum atomic E-state index is 13.4. The van der Waals surface area contributed by atoms with Crippen molar-refractivity contribution in [3.63, 3.8) is 0 Å². The molecule has 1 atom stereocenters. The molecule has 1 aliphatic heterocycles. The minimum absolute atomic E-state index is 0.0471. The fourth-order valence-corrected chi connectivity index (χ4v) is 2.81. The highest BCUT2D eigenvalue weighted by molar-refractivity contribution is 5.81. The van der Waals surface area contributed by atoms with Crippen LogP contribution in [-0.4, -0.2) is 27.2 Å². The Morgan fingerprint density at radius 1 is 1.31 bits per heavy atom. The molecule has 0 radical (unpaired) electrons. The zero-order chi connectivity index (χ0) is 18.6. The number of aryl methyl sites for hydroxylation is 2. The summed E-state index contributed by atoms with van der Waals surface area (Å²) >= 11 is 0. The van der Waals surface area contributed by atoms with E-state index in [0.717, 1.165) is 5.56 Å². The smallest absolute Gasteiger partial charge is 0.447 e. The van der Waals surface area contributed by atoms with Crippen LogP contribution in [0, 0.1) is 25.2 Å². The van der Waals surface area contributed by atoms with Gasteiger partial charge in [0.15, 0.2) is 11.5 Å². The SMILES string of the molecule is Cc1noc(C)c1Cn1c(C#N)nc2cc3c(cc21)OC(F)C(F)(F)O3.